The van der Waals surface area contributed by atoms with Gasteiger partial charge in [-0.25, -0.2) is 9.97 Å². The number of hydrogen-bond donors (Lipinski definition) is 1. The molecule has 1 amide bonds. The molecule has 1 atom stereocenters. The number of amides is 1. The Morgan fingerprint density at radius 2 is 1.92 bits per heavy atom. The van der Waals surface area contributed by atoms with E-state index in [0.717, 1.165) is 24.2 Å². The molecule has 1 N–H and O–H groups in total. The number of hydrogen-bond acceptors (Lipinski definition) is 4. The van der Waals surface area contributed by atoms with Crippen LogP contribution in [-0.2, 0) is 11.0 Å². The van der Waals surface area contributed by atoms with Crippen molar-refractivity contribution < 1.29 is 18.0 Å². The average molecular weight is 369 g/mol. The van der Waals surface area contributed by atoms with Gasteiger partial charge in [0.1, 0.15) is 5.69 Å². The van der Waals surface area contributed by atoms with Crippen LogP contribution in [0.3, 0.4) is 0 Å². The summed E-state index contributed by atoms with van der Waals surface area (Å²) in [5, 5.41) is 2.03. The minimum atomic E-state index is -4.59. The Hall–Kier alpha value is -2.09. The molecule has 2 rings (SSSR count). The van der Waals surface area contributed by atoms with Crippen molar-refractivity contribution in [3.8, 4) is 11.3 Å². The molecule has 0 aliphatic carbocycles. The summed E-state index contributed by atoms with van der Waals surface area (Å²) in [6, 6.07) is 9.48. The van der Waals surface area contributed by atoms with Crippen molar-refractivity contribution in [1.29, 1.82) is 0 Å². The first-order valence-corrected chi connectivity index (χ1v) is 8.65. The van der Waals surface area contributed by atoms with Gasteiger partial charge in [0.15, 0.2) is 5.16 Å². The Balaban J connectivity index is 2.32. The highest BCUT2D eigenvalue weighted by Gasteiger charge is 2.34. The highest BCUT2D eigenvalue weighted by Crippen LogP contribution is 2.32. The summed E-state index contributed by atoms with van der Waals surface area (Å²) >= 11 is 0.907. The van der Waals surface area contributed by atoms with Gasteiger partial charge in [0.05, 0.1) is 10.9 Å². The van der Waals surface area contributed by atoms with Gasteiger partial charge in [-0.3, -0.25) is 4.79 Å². The van der Waals surface area contributed by atoms with Gasteiger partial charge in [-0.1, -0.05) is 49.0 Å². The molecule has 8 heteroatoms. The second-order valence-electron chi connectivity index (χ2n) is 5.34. The minimum absolute atomic E-state index is 0.0761. The smallest absolute Gasteiger partial charge is 0.355 e. The topological polar surface area (TPSA) is 54.9 Å². The van der Waals surface area contributed by atoms with Crippen molar-refractivity contribution in [1.82, 2.24) is 15.3 Å². The first kappa shape index (κ1) is 19.2. The van der Waals surface area contributed by atoms with E-state index in [9.17, 15) is 18.0 Å². The molecule has 2 aromatic rings. The summed E-state index contributed by atoms with van der Waals surface area (Å²) in [6.45, 7) is 4.05. The summed E-state index contributed by atoms with van der Waals surface area (Å²) in [7, 11) is 0. The summed E-state index contributed by atoms with van der Waals surface area (Å²) in [5.74, 6) is -0.255. The molecule has 0 unspecified atom stereocenters. The molecule has 1 aromatic carbocycles. The number of carbonyl (C=O) groups is 1. The van der Waals surface area contributed by atoms with Crippen LogP contribution in [-0.4, -0.2) is 27.7 Å². The molecule has 134 valence electrons. The van der Waals surface area contributed by atoms with Crippen LogP contribution >= 0.6 is 11.8 Å². The van der Waals surface area contributed by atoms with E-state index in [2.05, 4.69) is 15.3 Å². The van der Waals surface area contributed by atoms with Crippen molar-refractivity contribution in [2.45, 2.75) is 36.9 Å². The lowest BCUT2D eigenvalue weighted by molar-refractivity contribution is -0.141. The van der Waals surface area contributed by atoms with Crippen LogP contribution in [0.25, 0.3) is 11.3 Å². The Bertz CT molecular complexity index is 723. The third-order valence-electron chi connectivity index (χ3n) is 3.27. The molecule has 0 aliphatic heterocycles. The Kier molecular flexibility index (Phi) is 6.41. The van der Waals surface area contributed by atoms with E-state index in [1.54, 1.807) is 37.3 Å². The second kappa shape index (κ2) is 8.33. The number of thioether (sulfide) groups is 1. The van der Waals surface area contributed by atoms with E-state index in [4.69, 9.17) is 0 Å². The highest BCUT2D eigenvalue weighted by atomic mass is 32.2. The van der Waals surface area contributed by atoms with E-state index in [1.165, 1.54) is 0 Å². The van der Waals surface area contributed by atoms with Crippen LogP contribution < -0.4 is 5.32 Å². The maximum Gasteiger partial charge on any atom is 0.433 e. The van der Waals surface area contributed by atoms with Crippen LogP contribution in [0.5, 0.6) is 0 Å². The average Bonchev–Trinajstić information content (AvgIpc) is 2.59. The third-order valence-corrected chi connectivity index (χ3v) is 4.23. The largest absolute Gasteiger partial charge is 0.433 e. The number of nitrogens with one attached hydrogen (secondary N) is 1. The highest BCUT2D eigenvalue weighted by molar-refractivity contribution is 8.00. The third kappa shape index (κ3) is 5.45. The molecule has 1 aromatic heterocycles. The number of aromatic nitrogens is 2. The minimum Gasteiger partial charge on any atom is -0.355 e. The Morgan fingerprint density at radius 3 is 2.52 bits per heavy atom. The first-order valence-electron chi connectivity index (χ1n) is 7.77. The van der Waals surface area contributed by atoms with Gasteiger partial charge in [-0.05, 0) is 19.4 Å². The van der Waals surface area contributed by atoms with Crippen LogP contribution in [0.15, 0.2) is 41.6 Å². The van der Waals surface area contributed by atoms with Crippen LogP contribution in [0.1, 0.15) is 26.0 Å². The van der Waals surface area contributed by atoms with E-state index >= 15 is 0 Å². The van der Waals surface area contributed by atoms with Crippen molar-refractivity contribution >= 4 is 17.7 Å². The van der Waals surface area contributed by atoms with Crippen LogP contribution in [0.2, 0.25) is 0 Å². The lowest BCUT2D eigenvalue weighted by Crippen LogP contribution is -2.31. The quantitative estimate of drug-likeness (QED) is 0.613. The van der Waals surface area contributed by atoms with Gasteiger partial charge >= 0.3 is 6.18 Å². The van der Waals surface area contributed by atoms with E-state index < -0.39 is 17.1 Å². The summed E-state index contributed by atoms with van der Waals surface area (Å²) < 4.78 is 39.4. The Morgan fingerprint density at radius 1 is 1.24 bits per heavy atom. The molecular formula is C17H18F3N3OS. The standard InChI is InChI=1S/C17H18F3N3OS/c1-3-9-21-15(24)11(2)25-16-22-13(12-7-5-4-6-8-12)10-14(23-16)17(18,19)20/h4-8,10-11H,3,9H2,1-2H3,(H,21,24)/t11-/m0/s1. The van der Waals surface area contributed by atoms with Crippen molar-refractivity contribution in [3.05, 3.63) is 42.1 Å². The Labute approximate surface area is 148 Å². The number of carbonyl (C=O) groups excluding carboxylic acids is 1. The fourth-order valence-corrected chi connectivity index (χ4v) is 2.79. The molecule has 0 aliphatic rings. The molecule has 1 heterocycles. The van der Waals surface area contributed by atoms with Crippen LogP contribution in [0, 0.1) is 0 Å². The predicted octanol–water partition coefficient (Wildman–Crippen LogP) is 4.17. The zero-order valence-corrected chi connectivity index (χ0v) is 14.6. The number of alkyl halides is 3. The summed E-state index contributed by atoms with van der Waals surface area (Å²) in [5.41, 5.74) is -0.294. The van der Waals surface area contributed by atoms with Crippen LogP contribution in [0.4, 0.5) is 13.2 Å². The van der Waals surface area contributed by atoms with E-state index in [1.807, 2.05) is 6.92 Å². The van der Waals surface area contributed by atoms with E-state index in [-0.39, 0.29) is 16.8 Å². The maximum absolute atomic E-state index is 13.1. The maximum atomic E-state index is 13.1. The molecule has 0 saturated carbocycles. The molecule has 0 fully saturated rings. The number of halogens is 3. The van der Waals surface area contributed by atoms with Crippen molar-refractivity contribution in [3.63, 3.8) is 0 Å². The van der Waals surface area contributed by atoms with Gasteiger partial charge in [0, 0.05) is 12.1 Å². The first-order chi connectivity index (χ1) is 11.8. The number of benzene rings is 1. The molecule has 4 nitrogen and oxygen atoms in total. The molecule has 0 spiro atoms. The van der Waals surface area contributed by atoms with Crippen molar-refractivity contribution in [2.75, 3.05) is 6.54 Å². The second-order valence-corrected chi connectivity index (χ2v) is 6.64. The zero-order valence-electron chi connectivity index (χ0n) is 13.8. The van der Waals surface area contributed by atoms with Gasteiger partial charge in [-0.2, -0.15) is 13.2 Å². The molecular weight excluding hydrogens is 351 g/mol. The predicted molar refractivity (Wildman–Crippen MR) is 91.1 cm³/mol. The fraction of sp³-hybridized carbons (Fsp3) is 0.353. The lowest BCUT2D eigenvalue weighted by Gasteiger charge is -2.13. The summed E-state index contributed by atoms with van der Waals surface area (Å²) in [4.78, 5) is 19.7. The SMILES string of the molecule is CCCNC(=O)[C@H](C)Sc1nc(-c2ccccc2)cc(C(F)(F)F)n1. The number of rotatable bonds is 6. The molecule has 0 bridgehead atoms. The van der Waals surface area contributed by atoms with Crippen molar-refractivity contribution in [2.24, 2.45) is 0 Å². The summed E-state index contributed by atoms with van der Waals surface area (Å²) in [6.07, 6.45) is -3.81. The fourth-order valence-electron chi connectivity index (χ4n) is 1.98. The monoisotopic (exact) mass is 369 g/mol. The van der Waals surface area contributed by atoms with Gasteiger partial charge < -0.3 is 5.32 Å². The normalized spacial score (nSPS) is 12.7. The molecule has 25 heavy (non-hydrogen) atoms. The number of nitrogens with zero attached hydrogens (tertiary/aromatic N) is 2. The van der Waals surface area contributed by atoms with Gasteiger partial charge in [0.25, 0.3) is 0 Å². The molecule has 0 saturated heterocycles. The lowest BCUT2D eigenvalue weighted by atomic mass is 10.1. The van der Waals surface area contributed by atoms with Gasteiger partial charge in [0.2, 0.25) is 5.91 Å². The van der Waals surface area contributed by atoms with E-state index in [0.29, 0.717) is 12.1 Å². The zero-order chi connectivity index (χ0) is 18.4. The molecule has 0 radical (unpaired) electrons. The van der Waals surface area contributed by atoms with Gasteiger partial charge in [-0.15, -0.1) is 0 Å².